The first-order valence-corrected chi connectivity index (χ1v) is 12.8. The van der Waals surface area contributed by atoms with Crippen molar-refractivity contribution >= 4 is 34.2 Å². The maximum Gasteiger partial charge on any atom is 0.235 e. The number of nitrogens with one attached hydrogen (secondary N) is 1. The van der Waals surface area contributed by atoms with Gasteiger partial charge in [-0.15, -0.1) is 0 Å². The number of amides is 1. The predicted molar refractivity (Wildman–Crippen MR) is 136 cm³/mol. The minimum atomic E-state index is -0.650. The molecule has 0 unspecified atom stereocenters. The lowest BCUT2D eigenvalue weighted by atomic mass is 9.73. The summed E-state index contributed by atoms with van der Waals surface area (Å²) in [6.45, 7) is 4.62. The van der Waals surface area contributed by atoms with E-state index in [2.05, 4.69) is 21.3 Å². The molecule has 1 amide bonds. The van der Waals surface area contributed by atoms with E-state index in [-0.39, 0.29) is 11.9 Å². The standard InChI is InChI=1S/C27H28ClN5O3/c1-26(35)13-19(14-26)33-16-30-23-12-20(10-17(15-29)24(23)33)36-9-8-32-6-4-27(5-7-32)21-11-18(28)2-3-22(21)31-25(27)34/h2-3,10-12,16,19,35H,4-9,13-14H2,1H3,(H,31,34). The smallest absolute Gasteiger partial charge is 0.235 e. The van der Waals surface area contributed by atoms with E-state index in [9.17, 15) is 15.2 Å². The molecule has 2 N–H and O–H groups in total. The van der Waals surface area contributed by atoms with Gasteiger partial charge in [0, 0.05) is 35.4 Å². The number of nitriles is 1. The Kier molecular flexibility index (Phi) is 5.48. The van der Waals surface area contributed by atoms with Gasteiger partial charge in [-0.3, -0.25) is 9.69 Å². The lowest BCUT2D eigenvalue weighted by Gasteiger charge is -2.41. The number of hydrogen-bond acceptors (Lipinski definition) is 6. The average Bonchev–Trinajstić information content (AvgIpc) is 3.37. The number of nitrogens with zero attached hydrogens (tertiary/aromatic N) is 4. The van der Waals surface area contributed by atoms with E-state index in [0.29, 0.717) is 35.8 Å². The van der Waals surface area contributed by atoms with Gasteiger partial charge in [0.15, 0.2) is 0 Å². The van der Waals surface area contributed by atoms with Crippen LogP contribution < -0.4 is 10.1 Å². The summed E-state index contributed by atoms with van der Waals surface area (Å²) in [6, 6.07) is 11.7. The number of imidazole rings is 1. The second kappa shape index (κ2) is 8.48. The SMILES string of the molecule is CC1(O)CC(n2cnc3cc(OCCN4CCC5(CC4)C(=O)Nc4ccc(Cl)cc45)cc(C#N)c32)C1. The Morgan fingerprint density at radius 2 is 2.06 bits per heavy atom. The molecule has 186 valence electrons. The molecule has 0 radical (unpaired) electrons. The minimum Gasteiger partial charge on any atom is -0.492 e. The van der Waals surface area contributed by atoms with Crippen LogP contribution in [0.4, 0.5) is 5.69 Å². The molecule has 1 aliphatic carbocycles. The summed E-state index contributed by atoms with van der Waals surface area (Å²) in [5.74, 6) is 0.690. The van der Waals surface area contributed by atoms with Gasteiger partial charge >= 0.3 is 0 Å². The van der Waals surface area contributed by atoms with Crippen molar-refractivity contribution in [2.75, 3.05) is 31.6 Å². The maximum atomic E-state index is 12.8. The number of likely N-dealkylation sites (tertiary alicyclic amines) is 1. The molecular formula is C27H28ClN5O3. The largest absolute Gasteiger partial charge is 0.492 e. The number of rotatable bonds is 5. The van der Waals surface area contributed by atoms with Crippen LogP contribution in [0.1, 0.15) is 49.8 Å². The van der Waals surface area contributed by atoms with Crippen molar-refractivity contribution in [3.05, 3.63) is 52.8 Å². The van der Waals surface area contributed by atoms with E-state index < -0.39 is 11.0 Å². The molecule has 2 aromatic carbocycles. The van der Waals surface area contributed by atoms with Crippen molar-refractivity contribution in [3.63, 3.8) is 0 Å². The highest BCUT2D eigenvalue weighted by molar-refractivity contribution is 6.31. The van der Waals surface area contributed by atoms with Crippen LogP contribution in [0.2, 0.25) is 5.02 Å². The Hall–Kier alpha value is -3.12. The highest BCUT2D eigenvalue weighted by Gasteiger charge is 2.48. The van der Waals surface area contributed by atoms with Gasteiger partial charge in [-0.2, -0.15) is 5.26 Å². The Morgan fingerprint density at radius 3 is 2.78 bits per heavy atom. The molecule has 6 rings (SSSR count). The van der Waals surface area contributed by atoms with Gasteiger partial charge in [-0.25, -0.2) is 4.98 Å². The highest BCUT2D eigenvalue weighted by atomic mass is 35.5. The third-order valence-electron chi connectivity index (χ3n) is 8.07. The van der Waals surface area contributed by atoms with Gasteiger partial charge in [-0.05, 0) is 69.5 Å². The lowest BCUT2D eigenvalue weighted by Crippen LogP contribution is -2.47. The van der Waals surface area contributed by atoms with Crippen LogP contribution in [-0.4, -0.2) is 57.3 Å². The van der Waals surface area contributed by atoms with Crippen molar-refractivity contribution in [2.45, 2.75) is 49.7 Å². The maximum absolute atomic E-state index is 12.8. The lowest BCUT2D eigenvalue weighted by molar-refractivity contribution is -0.122. The van der Waals surface area contributed by atoms with Crippen LogP contribution in [0.25, 0.3) is 11.0 Å². The fraction of sp³-hybridized carbons (Fsp3) is 0.444. The molecule has 2 aliphatic heterocycles. The normalized spacial score (nSPS) is 24.8. The first kappa shape index (κ1) is 23.3. The molecule has 1 spiro atoms. The Labute approximate surface area is 214 Å². The number of ether oxygens (including phenoxy) is 1. The van der Waals surface area contributed by atoms with Crippen LogP contribution in [0, 0.1) is 11.3 Å². The molecule has 1 saturated heterocycles. The molecule has 3 aliphatic rings. The van der Waals surface area contributed by atoms with Gasteiger partial charge in [0.1, 0.15) is 18.4 Å². The summed E-state index contributed by atoms with van der Waals surface area (Å²) in [5.41, 5.74) is 2.77. The minimum absolute atomic E-state index is 0.0676. The van der Waals surface area contributed by atoms with Gasteiger partial charge in [0.2, 0.25) is 5.91 Å². The zero-order chi connectivity index (χ0) is 25.1. The first-order valence-electron chi connectivity index (χ1n) is 12.4. The summed E-state index contributed by atoms with van der Waals surface area (Å²) in [7, 11) is 0. The van der Waals surface area contributed by atoms with Crippen LogP contribution in [0.15, 0.2) is 36.7 Å². The number of carbonyl (C=O) groups is 1. The summed E-state index contributed by atoms with van der Waals surface area (Å²) in [4.78, 5) is 19.7. The number of halogens is 1. The number of aromatic nitrogens is 2. The van der Waals surface area contributed by atoms with Gasteiger partial charge in [0.25, 0.3) is 0 Å². The fourth-order valence-electron chi connectivity index (χ4n) is 6.08. The van der Waals surface area contributed by atoms with Crippen molar-refractivity contribution in [3.8, 4) is 11.8 Å². The van der Waals surface area contributed by atoms with Gasteiger partial charge < -0.3 is 19.7 Å². The van der Waals surface area contributed by atoms with Gasteiger partial charge in [0.05, 0.1) is 33.9 Å². The highest BCUT2D eigenvalue weighted by Crippen LogP contribution is 2.46. The number of hydrogen-bond donors (Lipinski definition) is 2. The number of carbonyl (C=O) groups excluding carboxylic acids is 1. The molecule has 1 saturated carbocycles. The van der Waals surface area contributed by atoms with Crippen molar-refractivity contribution < 1.29 is 14.6 Å². The molecule has 1 aromatic heterocycles. The third kappa shape index (κ3) is 3.83. The summed E-state index contributed by atoms with van der Waals surface area (Å²) < 4.78 is 8.04. The number of anilines is 1. The monoisotopic (exact) mass is 505 g/mol. The third-order valence-corrected chi connectivity index (χ3v) is 8.31. The van der Waals surface area contributed by atoms with E-state index in [0.717, 1.165) is 54.8 Å². The van der Waals surface area contributed by atoms with Crippen molar-refractivity contribution in [2.24, 2.45) is 0 Å². The zero-order valence-electron chi connectivity index (χ0n) is 20.1. The van der Waals surface area contributed by atoms with Crippen LogP contribution >= 0.6 is 11.6 Å². The molecule has 9 heteroatoms. The average molecular weight is 506 g/mol. The molecule has 0 atom stereocenters. The van der Waals surface area contributed by atoms with Crippen molar-refractivity contribution in [1.82, 2.24) is 14.5 Å². The second-order valence-corrected chi connectivity index (χ2v) is 11.0. The van der Waals surface area contributed by atoms with E-state index in [1.165, 1.54) is 0 Å². The molecule has 36 heavy (non-hydrogen) atoms. The predicted octanol–water partition coefficient (Wildman–Crippen LogP) is 4.01. The Morgan fingerprint density at radius 1 is 1.28 bits per heavy atom. The Bertz CT molecular complexity index is 1390. The number of benzene rings is 2. The first-order chi connectivity index (χ1) is 17.3. The van der Waals surface area contributed by atoms with E-state index in [1.807, 2.05) is 35.8 Å². The quantitative estimate of drug-likeness (QED) is 0.543. The van der Waals surface area contributed by atoms with E-state index in [4.69, 9.17) is 16.3 Å². The molecule has 3 heterocycles. The number of fused-ring (bicyclic) bond motifs is 3. The summed E-state index contributed by atoms with van der Waals surface area (Å²) in [5, 5.41) is 23.6. The molecular weight excluding hydrogens is 478 g/mol. The Balaban J connectivity index is 1.09. The van der Waals surface area contributed by atoms with E-state index >= 15 is 0 Å². The summed E-state index contributed by atoms with van der Waals surface area (Å²) in [6.07, 6.45) is 4.53. The zero-order valence-corrected chi connectivity index (χ0v) is 20.9. The van der Waals surface area contributed by atoms with E-state index in [1.54, 1.807) is 12.4 Å². The molecule has 0 bridgehead atoms. The van der Waals surface area contributed by atoms with Crippen LogP contribution in [0.3, 0.4) is 0 Å². The van der Waals surface area contributed by atoms with Gasteiger partial charge in [-0.1, -0.05) is 11.6 Å². The summed E-state index contributed by atoms with van der Waals surface area (Å²) >= 11 is 6.22. The number of piperidine rings is 1. The molecule has 8 nitrogen and oxygen atoms in total. The molecule has 2 fully saturated rings. The van der Waals surface area contributed by atoms with Crippen LogP contribution in [0.5, 0.6) is 5.75 Å². The van der Waals surface area contributed by atoms with Crippen molar-refractivity contribution in [1.29, 1.82) is 5.26 Å². The fourth-order valence-corrected chi connectivity index (χ4v) is 6.25. The van der Waals surface area contributed by atoms with Crippen LogP contribution in [-0.2, 0) is 10.2 Å². The number of aliphatic hydroxyl groups is 1. The topological polar surface area (TPSA) is 103 Å². The second-order valence-electron chi connectivity index (χ2n) is 10.6. The molecule has 3 aromatic rings.